The van der Waals surface area contributed by atoms with Crippen LogP contribution >= 0.6 is 11.3 Å². The zero-order valence-electron chi connectivity index (χ0n) is 8.93. The second kappa shape index (κ2) is 3.91. The molecule has 0 bridgehead atoms. The van der Waals surface area contributed by atoms with Crippen LogP contribution in [0.2, 0.25) is 0 Å². The molecule has 82 valence electrons. The predicted octanol–water partition coefficient (Wildman–Crippen LogP) is 3.09. The highest BCUT2D eigenvalue weighted by Crippen LogP contribution is 2.59. The molecule has 3 rings (SSSR count). The number of aryl methyl sites for hydroxylation is 1. The summed E-state index contributed by atoms with van der Waals surface area (Å²) in [5.74, 6) is 2.45. The first kappa shape index (κ1) is 9.86. The second-order valence-electron chi connectivity index (χ2n) is 5.07. The van der Waals surface area contributed by atoms with Crippen molar-refractivity contribution in [2.24, 2.45) is 17.8 Å². The van der Waals surface area contributed by atoms with E-state index in [1.54, 1.807) is 11.3 Å². The molecule has 2 aliphatic carbocycles. The minimum Gasteiger partial charge on any atom is -0.393 e. The molecule has 0 spiro atoms. The van der Waals surface area contributed by atoms with Crippen LogP contribution in [0.1, 0.15) is 31.2 Å². The normalized spacial score (nSPS) is 35.1. The van der Waals surface area contributed by atoms with Crippen molar-refractivity contribution in [1.29, 1.82) is 0 Å². The maximum Gasteiger partial charge on any atom is 0.0577 e. The fourth-order valence-electron chi connectivity index (χ4n) is 3.39. The molecule has 0 radical (unpaired) electrons. The molecule has 1 aromatic heterocycles. The summed E-state index contributed by atoms with van der Waals surface area (Å²) in [5.41, 5.74) is 1.39. The smallest absolute Gasteiger partial charge is 0.0577 e. The number of thiophene rings is 1. The van der Waals surface area contributed by atoms with Gasteiger partial charge in [0.05, 0.1) is 6.10 Å². The topological polar surface area (TPSA) is 20.2 Å². The average Bonchev–Trinajstić information content (AvgIpc) is 2.72. The molecule has 15 heavy (non-hydrogen) atoms. The Hall–Kier alpha value is -0.340. The minimum absolute atomic E-state index is 0.0276. The van der Waals surface area contributed by atoms with Crippen molar-refractivity contribution < 1.29 is 5.11 Å². The van der Waals surface area contributed by atoms with Crippen molar-refractivity contribution in [3.63, 3.8) is 0 Å². The highest BCUT2D eigenvalue weighted by Gasteiger charge is 2.55. The highest BCUT2D eigenvalue weighted by atomic mass is 32.1. The van der Waals surface area contributed by atoms with E-state index in [-0.39, 0.29) is 6.10 Å². The van der Waals surface area contributed by atoms with Gasteiger partial charge >= 0.3 is 0 Å². The van der Waals surface area contributed by atoms with Crippen molar-refractivity contribution in [3.8, 4) is 0 Å². The van der Waals surface area contributed by atoms with Crippen LogP contribution in [0.25, 0.3) is 0 Å². The van der Waals surface area contributed by atoms with E-state index in [1.807, 2.05) is 0 Å². The van der Waals surface area contributed by atoms with Gasteiger partial charge in [0.1, 0.15) is 0 Å². The van der Waals surface area contributed by atoms with Crippen LogP contribution in [-0.2, 0) is 6.42 Å². The quantitative estimate of drug-likeness (QED) is 0.830. The van der Waals surface area contributed by atoms with E-state index < -0.39 is 0 Å². The molecule has 0 aromatic carbocycles. The maximum atomic E-state index is 10.1. The monoisotopic (exact) mass is 222 g/mol. The fraction of sp³-hybridized carbons (Fsp3) is 0.692. The van der Waals surface area contributed by atoms with E-state index in [0.717, 1.165) is 24.7 Å². The van der Waals surface area contributed by atoms with Gasteiger partial charge in [0.25, 0.3) is 0 Å². The number of hydrogen-bond donors (Lipinski definition) is 1. The zero-order valence-corrected chi connectivity index (χ0v) is 9.75. The molecule has 0 amide bonds. The number of fused-ring (bicyclic) bond motifs is 1. The SMILES string of the molecule is OC(CCc1ccsc1)C1C2CCCC21. The summed E-state index contributed by atoms with van der Waals surface area (Å²) in [4.78, 5) is 0. The third-order valence-electron chi connectivity index (χ3n) is 4.23. The third kappa shape index (κ3) is 1.85. The van der Waals surface area contributed by atoms with Gasteiger partial charge in [-0.1, -0.05) is 6.42 Å². The van der Waals surface area contributed by atoms with Gasteiger partial charge in [-0.25, -0.2) is 0 Å². The average molecular weight is 222 g/mol. The molecule has 1 nitrogen and oxygen atoms in total. The molecular weight excluding hydrogens is 204 g/mol. The van der Waals surface area contributed by atoms with Crippen LogP contribution in [0.3, 0.4) is 0 Å². The van der Waals surface area contributed by atoms with Crippen LogP contribution in [-0.4, -0.2) is 11.2 Å². The Balaban J connectivity index is 1.48. The van der Waals surface area contributed by atoms with Crippen LogP contribution in [0, 0.1) is 17.8 Å². The molecule has 3 atom stereocenters. The Kier molecular flexibility index (Phi) is 2.57. The van der Waals surface area contributed by atoms with Crippen molar-refractivity contribution in [1.82, 2.24) is 0 Å². The van der Waals surface area contributed by atoms with Crippen molar-refractivity contribution in [2.75, 3.05) is 0 Å². The van der Waals surface area contributed by atoms with Gasteiger partial charge in [-0.2, -0.15) is 11.3 Å². The summed E-state index contributed by atoms with van der Waals surface area (Å²) in [7, 11) is 0. The lowest BCUT2D eigenvalue weighted by molar-refractivity contribution is 0.126. The number of aliphatic hydroxyl groups excluding tert-OH is 1. The van der Waals surface area contributed by atoms with Gasteiger partial charge in [0.2, 0.25) is 0 Å². The van der Waals surface area contributed by atoms with E-state index in [1.165, 1.54) is 24.8 Å². The molecule has 3 unspecified atom stereocenters. The van der Waals surface area contributed by atoms with E-state index in [9.17, 15) is 5.11 Å². The molecule has 1 aromatic rings. The standard InChI is InChI=1S/C13H18OS/c14-12(5-4-9-6-7-15-8-9)13-10-2-1-3-11(10)13/h6-8,10-14H,1-5H2. The van der Waals surface area contributed by atoms with Crippen LogP contribution in [0.5, 0.6) is 0 Å². The van der Waals surface area contributed by atoms with Crippen molar-refractivity contribution >= 4 is 11.3 Å². The summed E-state index contributed by atoms with van der Waals surface area (Å²) in [6, 6.07) is 2.17. The first-order chi connectivity index (χ1) is 7.36. The molecule has 2 fully saturated rings. The van der Waals surface area contributed by atoms with Gasteiger partial charge in [0.15, 0.2) is 0 Å². The Bertz CT molecular complexity index is 309. The Morgan fingerprint density at radius 2 is 2.20 bits per heavy atom. The third-order valence-corrected chi connectivity index (χ3v) is 4.96. The summed E-state index contributed by atoms with van der Waals surface area (Å²) in [6.07, 6.45) is 6.16. The van der Waals surface area contributed by atoms with E-state index in [4.69, 9.17) is 0 Å². The summed E-state index contributed by atoms with van der Waals surface area (Å²) in [6.45, 7) is 0. The largest absolute Gasteiger partial charge is 0.393 e. The first-order valence-corrected chi connectivity index (χ1v) is 6.99. The first-order valence-electron chi connectivity index (χ1n) is 6.05. The molecule has 0 aliphatic heterocycles. The summed E-state index contributed by atoms with van der Waals surface area (Å²) < 4.78 is 0. The molecule has 0 saturated heterocycles. The van der Waals surface area contributed by atoms with Crippen molar-refractivity contribution in [3.05, 3.63) is 22.4 Å². The lowest BCUT2D eigenvalue weighted by atomic mass is 10.0. The molecule has 2 saturated carbocycles. The van der Waals surface area contributed by atoms with Gasteiger partial charge in [-0.15, -0.1) is 0 Å². The Morgan fingerprint density at radius 3 is 2.87 bits per heavy atom. The van der Waals surface area contributed by atoms with Gasteiger partial charge in [-0.05, 0) is 65.8 Å². The van der Waals surface area contributed by atoms with Crippen molar-refractivity contribution in [2.45, 2.75) is 38.2 Å². The lowest BCUT2D eigenvalue weighted by Crippen LogP contribution is -2.13. The van der Waals surface area contributed by atoms with Crippen LogP contribution in [0.15, 0.2) is 16.8 Å². The molecule has 2 heteroatoms. The molecule has 2 aliphatic rings. The van der Waals surface area contributed by atoms with Crippen LogP contribution in [0.4, 0.5) is 0 Å². The lowest BCUT2D eigenvalue weighted by Gasteiger charge is -2.11. The second-order valence-corrected chi connectivity index (χ2v) is 5.85. The molecule has 1 heterocycles. The summed E-state index contributed by atoms with van der Waals surface area (Å²) in [5, 5.41) is 14.4. The van der Waals surface area contributed by atoms with Gasteiger partial charge < -0.3 is 5.11 Å². The predicted molar refractivity (Wildman–Crippen MR) is 63.0 cm³/mol. The zero-order chi connectivity index (χ0) is 10.3. The van der Waals surface area contributed by atoms with Gasteiger partial charge in [-0.3, -0.25) is 0 Å². The Labute approximate surface area is 95.1 Å². The van der Waals surface area contributed by atoms with E-state index in [2.05, 4.69) is 16.8 Å². The fourth-order valence-corrected chi connectivity index (χ4v) is 4.09. The maximum absolute atomic E-state index is 10.1. The van der Waals surface area contributed by atoms with Gasteiger partial charge in [0, 0.05) is 0 Å². The summed E-state index contributed by atoms with van der Waals surface area (Å²) >= 11 is 1.75. The van der Waals surface area contributed by atoms with Crippen LogP contribution < -0.4 is 0 Å². The molecular formula is C13H18OS. The highest BCUT2D eigenvalue weighted by molar-refractivity contribution is 7.07. The van der Waals surface area contributed by atoms with E-state index >= 15 is 0 Å². The minimum atomic E-state index is -0.0276. The van der Waals surface area contributed by atoms with E-state index in [0.29, 0.717) is 5.92 Å². The Morgan fingerprint density at radius 1 is 1.40 bits per heavy atom. The number of aliphatic hydroxyl groups is 1. The number of rotatable bonds is 4. The number of hydrogen-bond acceptors (Lipinski definition) is 2. The molecule has 1 N–H and O–H groups in total.